The molecule has 43 heavy (non-hydrogen) atoms. The number of likely N-dealkylation sites (tertiary alicyclic amines) is 1. The SMILES string of the molecule is C=N/N=C(\OCC(F)F)c1ccc(CN2C(=O)c3ccc(C4CCN(CC5CCOCC5)CC4)cc3C(C)(C)C2=O)nc1. The molecule has 3 aliphatic heterocycles. The van der Waals surface area contributed by atoms with Gasteiger partial charge in [-0.2, -0.15) is 5.10 Å². The van der Waals surface area contributed by atoms with Crippen LogP contribution in [0.4, 0.5) is 8.78 Å². The maximum Gasteiger partial charge on any atom is 0.272 e. The highest BCUT2D eigenvalue weighted by Crippen LogP contribution is 2.38. The summed E-state index contributed by atoms with van der Waals surface area (Å²) in [5.74, 6) is 0.317. The molecular weight excluding hydrogens is 556 g/mol. The van der Waals surface area contributed by atoms with Crippen molar-refractivity contribution in [2.24, 2.45) is 16.1 Å². The van der Waals surface area contributed by atoms with Crippen molar-refractivity contribution in [2.45, 2.75) is 63.8 Å². The van der Waals surface area contributed by atoms with Gasteiger partial charge in [-0.3, -0.25) is 19.5 Å². The average molecular weight is 596 g/mol. The van der Waals surface area contributed by atoms with E-state index in [9.17, 15) is 18.4 Å². The highest BCUT2D eigenvalue weighted by atomic mass is 19.3. The third-order valence-electron chi connectivity index (χ3n) is 8.79. The normalized spacial score (nSPS) is 20.4. The van der Waals surface area contributed by atoms with E-state index in [-0.39, 0.29) is 24.3 Å². The molecule has 0 radical (unpaired) electrons. The summed E-state index contributed by atoms with van der Waals surface area (Å²) in [7, 11) is 0. The Bertz CT molecular complexity index is 1350. The third kappa shape index (κ3) is 6.99. The molecule has 0 unspecified atom stereocenters. The number of benzene rings is 1. The molecule has 1 aromatic heterocycles. The molecule has 1 aromatic carbocycles. The molecule has 2 fully saturated rings. The van der Waals surface area contributed by atoms with Crippen LogP contribution in [0, 0.1) is 5.92 Å². The van der Waals surface area contributed by atoms with Gasteiger partial charge >= 0.3 is 0 Å². The van der Waals surface area contributed by atoms with E-state index in [1.807, 2.05) is 26.0 Å². The van der Waals surface area contributed by atoms with Gasteiger partial charge in [0.05, 0.1) is 23.2 Å². The van der Waals surface area contributed by atoms with Crippen molar-refractivity contribution in [1.82, 2.24) is 14.8 Å². The number of carbonyl (C=O) groups is 2. The molecule has 0 bridgehead atoms. The highest BCUT2D eigenvalue weighted by Gasteiger charge is 2.45. The molecule has 5 rings (SSSR count). The van der Waals surface area contributed by atoms with Gasteiger partial charge in [-0.15, -0.1) is 5.10 Å². The van der Waals surface area contributed by atoms with E-state index in [1.54, 1.807) is 12.1 Å². The number of alkyl halides is 2. The maximum absolute atomic E-state index is 13.7. The fourth-order valence-electron chi connectivity index (χ4n) is 6.28. The number of halogens is 2. The summed E-state index contributed by atoms with van der Waals surface area (Å²) in [4.78, 5) is 35.4. The van der Waals surface area contributed by atoms with E-state index in [0.717, 1.165) is 70.0 Å². The lowest BCUT2D eigenvalue weighted by atomic mass is 9.75. The Labute approximate surface area is 251 Å². The number of amides is 2. The zero-order valence-electron chi connectivity index (χ0n) is 24.8. The number of piperidine rings is 1. The number of hydrogen-bond acceptors (Lipinski definition) is 8. The Morgan fingerprint density at radius 2 is 1.88 bits per heavy atom. The first-order chi connectivity index (χ1) is 20.7. The van der Waals surface area contributed by atoms with Crippen LogP contribution in [0.25, 0.3) is 0 Å². The average Bonchev–Trinajstić information content (AvgIpc) is 3.01. The molecule has 2 amide bonds. The molecule has 0 saturated carbocycles. The molecule has 3 aliphatic rings. The van der Waals surface area contributed by atoms with Crippen LogP contribution in [0.5, 0.6) is 0 Å². The van der Waals surface area contributed by atoms with Crippen LogP contribution in [-0.4, -0.2) is 85.1 Å². The van der Waals surface area contributed by atoms with Gasteiger partial charge in [0.2, 0.25) is 11.8 Å². The van der Waals surface area contributed by atoms with Crippen molar-refractivity contribution in [3.63, 3.8) is 0 Å². The molecule has 2 saturated heterocycles. The van der Waals surface area contributed by atoms with Crippen LogP contribution < -0.4 is 0 Å². The van der Waals surface area contributed by atoms with E-state index in [4.69, 9.17) is 9.47 Å². The molecule has 2 aromatic rings. The monoisotopic (exact) mass is 595 g/mol. The number of hydrogen-bond donors (Lipinski definition) is 0. The topological polar surface area (TPSA) is 96.7 Å². The van der Waals surface area contributed by atoms with Crippen LogP contribution in [0.1, 0.15) is 78.2 Å². The molecule has 0 atom stereocenters. The molecular formula is C32H39F2N5O4. The fourth-order valence-corrected chi connectivity index (χ4v) is 6.28. The summed E-state index contributed by atoms with van der Waals surface area (Å²) in [5, 5.41) is 7.02. The van der Waals surface area contributed by atoms with Crippen molar-refractivity contribution >= 4 is 24.4 Å². The van der Waals surface area contributed by atoms with Gasteiger partial charge < -0.3 is 14.4 Å². The second-order valence-electron chi connectivity index (χ2n) is 12.0. The molecule has 230 valence electrons. The number of nitrogens with zero attached hydrogens (tertiary/aromatic N) is 5. The van der Waals surface area contributed by atoms with E-state index < -0.39 is 18.4 Å². The second-order valence-corrected chi connectivity index (χ2v) is 12.0. The Hall–Kier alpha value is -3.57. The lowest BCUT2D eigenvalue weighted by Gasteiger charge is -2.39. The molecule has 0 aliphatic carbocycles. The first-order valence-corrected chi connectivity index (χ1v) is 14.9. The van der Waals surface area contributed by atoms with Crippen LogP contribution >= 0.6 is 0 Å². The van der Waals surface area contributed by atoms with Crippen LogP contribution in [0.3, 0.4) is 0 Å². The number of imide groups is 1. The van der Waals surface area contributed by atoms with Crippen LogP contribution in [0.15, 0.2) is 46.7 Å². The number of pyridine rings is 1. The standard InChI is InChI=1S/C32H39F2N5O4/c1-32(2)27-16-23(22-8-12-38(13-9-22)18-21-10-14-42-15-11-21)5-7-26(27)30(40)39(31(32)41)19-25-6-4-24(17-36-25)29(37-35-3)43-20-28(33)34/h4-7,16-17,21-22,28H,3,8-15,18-20H2,1-2H3/b37-29-. The summed E-state index contributed by atoms with van der Waals surface area (Å²) in [6.45, 7) is 11.1. The van der Waals surface area contributed by atoms with Crippen molar-refractivity contribution in [1.29, 1.82) is 0 Å². The number of rotatable bonds is 9. The van der Waals surface area contributed by atoms with Gasteiger partial charge in [-0.1, -0.05) is 12.1 Å². The van der Waals surface area contributed by atoms with Crippen molar-refractivity contribution in [3.8, 4) is 0 Å². The summed E-state index contributed by atoms with van der Waals surface area (Å²) in [6.07, 6.45) is 3.09. The highest BCUT2D eigenvalue weighted by molar-refractivity contribution is 6.12. The quantitative estimate of drug-likeness (QED) is 0.179. The largest absolute Gasteiger partial charge is 0.470 e. The molecule has 9 nitrogen and oxygen atoms in total. The Balaban J connectivity index is 1.27. The fraction of sp³-hybridized carbons (Fsp3) is 0.531. The van der Waals surface area contributed by atoms with Gasteiger partial charge in [-0.05, 0) is 93.8 Å². The number of carbonyl (C=O) groups excluding carboxylic acids is 2. The summed E-state index contributed by atoms with van der Waals surface area (Å²) in [5.41, 5.74) is 2.34. The van der Waals surface area contributed by atoms with E-state index in [1.165, 1.54) is 16.7 Å². The van der Waals surface area contributed by atoms with Gasteiger partial charge in [-0.25, -0.2) is 8.78 Å². The Morgan fingerprint density at radius 3 is 2.53 bits per heavy atom. The van der Waals surface area contributed by atoms with Crippen LogP contribution in [-0.2, 0) is 26.2 Å². The van der Waals surface area contributed by atoms with Crippen molar-refractivity contribution in [2.75, 3.05) is 39.5 Å². The number of aromatic nitrogens is 1. The van der Waals surface area contributed by atoms with Gasteiger partial charge in [0.15, 0.2) is 6.61 Å². The Kier molecular flexibility index (Phi) is 9.61. The van der Waals surface area contributed by atoms with E-state index in [0.29, 0.717) is 22.7 Å². The van der Waals surface area contributed by atoms with Crippen molar-refractivity contribution in [3.05, 3.63) is 64.5 Å². The molecule has 0 spiro atoms. The van der Waals surface area contributed by atoms with Crippen LogP contribution in [0.2, 0.25) is 0 Å². The lowest BCUT2D eigenvalue weighted by molar-refractivity contribution is -0.134. The summed E-state index contributed by atoms with van der Waals surface area (Å²) in [6, 6.07) is 9.14. The van der Waals surface area contributed by atoms with Gasteiger partial charge in [0, 0.05) is 38.2 Å². The van der Waals surface area contributed by atoms with Gasteiger partial charge in [0.1, 0.15) is 0 Å². The smallest absolute Gasteiger partial charge is 0.272 e. The number of fused-ring (bicyclic) bond motifs is 1. The van der Waals surface area contributed by atoms with E-state index in [2.05, 4.69) is 32.9 Å². The Morgan fingerprint density at radius 1 is 1.14 bits per heavy atom. The minimum Gasteiger partial charge on any atom is -0.470 e. The lowest BCUT2D eigenvalue weighted by Crippen LogP contribution is -2.51. The van der Waals surface area contributed by atoms with Gasteiger partial charge in [0.25, 0.3) is 12.3 Å². The minimum atomic E-state index is -2.68. The first kappa shape index (κ1) is 30.9. The zero-order valence-corrected chi connectivity index (χ0v) is 24.8. The first-order valence-electron chi connectivity index (χ1n) is 14.9. The van der Waals surface area contributed by atoms with E-state index >= 15 is 0 Å². The zero-order chi connectivity index (χ0) is 30.6. The van der Waals surface area contributed by atoms with Crippen molar-refractivity contribution < 1.29 is 27.8 Å². The summed E-state index contributed by atoms with van der Waals surface area (Å²) >= 11 is 0. The molecule has 0 N–H and O–H groups in total. The summed E-state index contributed by atoms with van der Waals surface area (Å²) < 4.78 is 35.7. The predicted octanol–water partition coefficient (Wildman–Crippen LogP) is 4.79. The molecule has 4 heterocycles. The minimum absolute atomic E-state index is 0.0295. The molecule has 11 heteroatoms. The third-order valence-corrected chi connectivity index (χ3v) is 8.79. The maximum atomic E-state index is 13.7. The predicted molar refractivity (Wildman–Crippen MR) is 159 cm³/mol. The second kappa shape index (κ2) is 13.4. The number of ether oxygens (including phenoxy) is 2.